The number of amides is 1. The summed E-state index contributed by atoms with van der Waals surface area (Å²) in [6.45, 7) is 3.32. The van der Waals surface area contributed by atoms with E-state index in [1.54, 1.807) is 36.5 Å². The summed E-state index contributed by atoms with van der Waals surface area (Å²) < 4.78 is 7.67. The van der Waals surface area contributed by atoms with Gasteiger partial charge in [-0.3, -0.25) is 4.79 Å². The average Bonchev–Trinajstić information content (AvgIpc) is 3.17. The SMILES string of the molecule is CCCOc1ccc(C(=O)N/N=C\c2cn(Cc3ccc(Cl)c(Cl)c3)c3ccccc23)cc1. The van der Waals surface area contributed by atoms with Gasteiger partial charge in [-0.25, -0.2) is 5.43 Å². The summed E-state index contributed by atoms with van der Waals surface area (Å²) in [5.41, 5.74) is 6.10. The summed E-state index contributed by atoms with van der Waals surface area (Å²) >= 11 is 12.2. The van der Waals surface area contributed by atoms with E-state index in [-0.39, 0.29) is 5.91 Å². The summed E-state index contributed by atoms with van der Waals surface area (Å²) in [6, 6.07) is 20.7. The highest BCUT2D eigenvalue weighted by atomic mass is 35.5. The highest BCUT2D eigenvalue weighted by molar-refractivity contribution is 6.42. The quantitative estimate of drug-likeness (QED) is 0.230. The second-order valence-electron chi connectivity index (χ2n) is 7.55. The third-order valence-corrected chi connectivity index (χ3v) is 5.85. The number of nitrogens with one attached hydrogen (secondary N) is 1. The van der Waals surface area contributed by atoms with Crippen molar-refractivity contribution in [2.24, 2.45) is 5.10 Å². The van der Waals surface area contributed by atoms with Gasteiger partial charge in [-0.2, -0.15) is 5.10 Å². The van der Waals surface area contributed by atoms with E-state index < -0.39 is 0 Å². The Morgan fingerprint density at radius 3 is 2.61 bits per heavy atom. The van der Waals surface area contributed by atoms with E-state index in [2.05, 4.69) is 15.1 Å². The Hall–Kier alpha value is -3.28. The number of halogens is 2. The molecule has 1 amide bonds. The molecule has 1 aromatic heterocycles. The fourth-order valence-corrected chi connectivity index (χ4v) is 3.81. The van der Waals surface area contributed by atoms with E-state index in [9.17, 15) is 4.79 Å². The number of fused-ring (bicyclic) bond motifs is 1. The molecule has 0 unspecified atom stereocenters. The van der Waals surface area contributed by atoms with Crippen LogP contribution >= 0.6 is 23.2 Å². The molecule has 0 atom stereocenters. The lowest BCUT2D eigenvalue weighted by Gasteiger charge is -2.06. The number of hydrogen-bond donors (Lipinski definition) is 1. The molecule has 0 aliphatic carbocycles. The molecule has 168 valence electrons. The van der Waals surface area contributed by atoms with Crippen LogP contribution in [0.2, 0.25) is 10.0 Å². The average molecular weight is 480 g/mol. The molecule has 0 bridgehead atoms. The van der Waals surface area contributed by atoms with Crippen molar-refractivity contribution in [3.63, 3.8) is 0 Å². The summed E-state index contributed by atoms with van der Waals surface area (Å²) in [7, 11) is 0. The highest BCUT2D eigenvalue weighted by Crippen LogP contribution is 2.25. The van der Waals surface area contributed by atoms with Crippen LogP contribution < -0.4 is 10.2 Å². The molecule has 0 radical (unpaired) electrons. The lowest BCUT2D eigenvalue weighted by Crippen LogP contribution is -2.17. The molecule has 0 aliphatic heterocycles. The van der Waals surface area contributed by atoms with Gasteiger partial charge in [0.25, 0.3) is 5.91 Å². The molecule has 4 aromatic rings. The Kier molecular flexibility index (Phi) is 7.33. The summed E-state index contributed by atoms with van der Waals surface area (Å²) in [4.78, 5) is 12.4. The van der Waals surface area contributed by atoms with Crippen molar-refractivity contribution < 1.29 is 9.53 Å². The van der Waals surface area contributed by atoms with Gasteiger partial charge in [-0.05, 0) is 54.4 Å². The van der Waals surface area contributed by atoms with E-state index in [1.807, 2.05) is 49.5 Å². The van der Waals surface area contributed by atoms with Crippen molar-refractivity contribution in [1.82, 2.24) is 9.99 Å². The minimum atomic E-state index is -0.284. The molecule has 0 fully saturated rings. The van der Waals surface area contributed by atoms with Crippen LogP contribution in [0.5, 0.6) is 5.75 Å². The van der Waals surface area contributed by atoms with Gasteiger partial charge in [0, 0.05) is 34.8 Å². The lowest BCUT2D eigenvalue weighted by atomic mass is 10.2. The smallest absolute Gasteiger partial charge is 0.271 e. The predicted octanol–water partition coefficient (Wildman–Crippen LogP) is 6.55. The van der Waals surface area contributed by atoms with Crippen molar-refractivity contribution in [2.75, 3.05) is 6.61 Å². The van der Waals surface area contributed by atoms with Crippen LogP contribution in [0, 0.1) is 0 Å². The van der Waals surface area contributed by atoms with E-state index in [1.165, 1.54) is 0 Å². The number of ether oxygens (including phenoxy) is 1. The molecular formula is C26H23Cl2N3O2. The second kappa shape index (κ2) is 10.6. The van der Waals surface area contributed by atoms with Gasteiger partial charge in [-0.1, -0.05) is 54.4 Å². The van der Waals surface area contributed by atoms with Crippen LogP contribution in [0.3, 0.4) is 0 Å². The maximum absolute atomic E-state index is 12.4. The van der Waals surface area contributed by atoms with Crippen LogP contribution in [0.1, 0.15) is 34.8 Å². The van der Waals surface area contributed by atoms with Crippen molar-refractivity contribution >= 4 is 46.2 Å². The zero-order chi connectivity index (χ0) is 23.2. The molecule has 7 heteroatoms. The third kappa shape index (κ3) is 5.56. The van der Waals surface area contributed by atoms with Gasteiger partial charge >= 0.3 is 0 Å². The standard InChI is InChI=1S/C26H23Cl2N3O2/c1-2-13-33-21-10-8-19(9-11-21)26(32)30-29-15-20-17-31(25-6-4-3-5-22(20)25)16-18-7-12-23(27)24(28)14-18/h3-12,14-15,17H,2,13,16H2,1H3,(H,30,32)/b29-15-. The number of hydrogen-bond acceptors (Lipinski definition) is 3. The normalized spacial score (nSPS) is 11.2. The monoisotopic (exact) mass is 479 g/mol. The first-order valence-electron chi connectivity index (χ1n) is 10.6. The Bertz CT molecular complexity index is 1300. The second-order valence-corrected chi connectivity index (χ2v) is 8.36. The molecular weight excluding hydrogens is 457 g/mol. The summed E-state index contributed by atoms with van der Waals surface area (Å²) in [5, 5.41) is 6.27. The number of carbonyl (C=O) groups excluding carboxylic acids is 1. The maximum Gasteiger partial charge on any atom is 0.271 e. The number of aromatic nitrogens is 1. The van der Waals surface area contributed by atoms with E-state index in [4.69, 9.17) is 27.9 Å². The molecule has 0 spiro atoms. The number of para-hydroxylation sites is 1. The molecule has 33 heavy (non-hydrogen) atoms. The van der Waals surface area contributed by atoms with Crippen LogP contribution in [0.25, 0.3) is 10.9 Å². The topological polar surface area (TPSA) is 55.6 Å². The first kappa shape index (κ1) is 22.9. The molecule has 5 nitrogen and oxygen atoms in total. The summed E-state index contributed by atoms with van der Waals surface area (Å²) in [5.74, 6) is 0.458. The van der Waals surface area contributed by atoms with Crippen molar-refractivity contribution in [2.45, 2.75) is 19.9 Å². The minimum absolute atomic E-state index is 0.284. The Morgan fingerprint density at radius 2 is 1.85 bits per heavy atom. The summed E-state index contributed by atoms with van der Waals surface area (Å²) in [6.07, 6.45) is 4.59. The lowest BCUT2D eigenvalue weighted by molar-refractivity contribution is 0.0955. The van der Waals surface area contributed by atoms with E-state index in [0.717, 1.165) is 34.2 Å². The molecule has 3 aromatic carbocycles. The number of hydrazone groups is 1. The fraction of sp³-hybridized carbons (Fsp3) is 0.154. The Balaban J connectivity index is 1.49. The zero-order valence-electron chi connectivity index (χ0n) is 18.1. The van der Waals surface area contributed by atoms with Gasteiger partial charge in [0.05, 0.1) is 22.9 Å². The first-order valence-corrected chi connectivity index (χ1v) is 11.4. The molecule has 0 aliphatic rings. The van der Waals surface area contributed by atoms with Crippen LogP contribution in [0.15, 0.2) is 78.0 Å². The van der Waals surface area contributed by atoms with Gasteiger partial charge < -0.3 is 9.30 Å². The molecule has 1 N–H and O–H groups in total. The zero-order valence-corrected chi connectivity index (χ0v) is 19.6. The predicted molar refractivity (Wildman–Crippen MR) is 135 cm³/mol. The number of rotatable bonds is 8. The highest BCUT2D eigenvalue weighted by Gasteiger charge is 2.09. The van der Waals surface area contributed by atoms with Crippen LogP contribution in [0.4, 0.5) is 0 Å². The molecule has 4 rings (SSSR count). The van der Waals surface area contributed by atoms with Gasteiger partial charge in [0.15, 0.2) is 0 Å². The van der Waals surface area contributed by atoms with Crippen molar-refractivity contribution in [1.29, 1.82) is 0 Å². The Labute approximate surface area is 202 Å². The minimum Gasteiger partial charge on any atom is -0.494 e. The van der Waals surface area contributed by atoms with Crippen LogP contribution in [-0.2, 0) is 6.54 Å². The van der Waals surface area contributed by atoms with E-state index in [0.29, 0.717) is 28.8 Å². The largest absolute Gasteiger partial charge is 0.494 e. The fourth-order valence-electron chi connectivity index (χ4n) is 3.49. The third-order valence-electron chi connectivity index (χ3n) is 5.12. The number of carbonyl (C=O) groups is 1. The van der Waals surface area contributed by atoms with Crippen molar-refractivity contribution in [3.8, 4) is 5.75 Å². The van der Waals surface area contributed by atoms with Gasteiger partial charge in [0.1, 0.15) is 5.75 Å². The maximum atomic E-state index is 12.4. The molecule has 1 heterocycles. The number of nitrogens with zero attached hydrogens (tertiary/aromatic N) is 2. The van der Waals surface area contributed by atoms with Gasteiger partial charge in [0.2, 0.25) is 0 Å². The number of benzene rings is 3. The first-order chi connectivity index (χ1) is 16.0. The van der Waals surface area contributed by atoms with E-state index >= 15 is 0 Å². The van der Waals surface area contributed by atoms with Gasteiger partial charge in [-0.15, -0.1) is 0 Å². The molecule has 0 saturated carbocycles. The Morgan fingerprint density at radius 1 is 1.06 bits per heavy atom. The van der Waals surface area contributed by atoms with Crippen LogP contribution in [-0.4, -0.2) is 23.3 Å². The molecule has 0 saturated heterocycles. The van der Waals surface area contributed by atoms with Crippen molar-refractivity contribution in [3.05, 3.63) is 99.7 Å².